The summed E-state index contributed by atoms with van der Waals surface area (Å²) in [5.41, 5.74) is 4.49. The van der Waals surface area contributed by atoms with Gasteiger partial charge in [0.1, 0.15) is 5.52 Å². The Kier molecular flexibility index (Phi) is 3.44. The van der Waals surface area contributed by atoms with Crippen LogP contribution in [-0.4, -0.2) is 16.1 Å². The molecule has 4 nitrogen and oxygen atoms in total. The summed E-state index contributed by atoms with van der Waals surface area (Å²) in [7, 11) is 0. The fourth-order valence-electron chi connectivity index (χ4n) is 2.35. The number of aromatic nitrogens is 1. The van der Waals surface area contributed by atoms with Crippen LogP contribution in [0.2, 0.25) is 0 Å². The third kappa shape index (κ3) is 2.94. The van der Waals surface area contributed by atoms with Crippen molar-refractivity contribution in [2.75, 3.05) is 0 Å². The minimum Gasteiger partial charge on any atom is -0.481 e. The first-order chi connectivity index (χ1) is 10.1. The molecule has 21 heavy (non-hydrogen) atoms. The average molecular weight is 281 g/mol. The van der Waals surface area contributed by atoms with Crippen LogP contribution in [0.15, 0.2) is 46.9 Å². The number of benzene rings is 2. The Hall–Kier alpha value is -2.62. The van der Waals surface area contributed by atoms with Gasteiger partial charge in [-0.15, -0.1) is 0 Å². The van der Waals surface area contributed by atoms with Crippen LogP contribution in [0.25, 0.3) is 11.1 Å². The van der Waals surface area contributed by atoms with Gasteiger partial charge in [0, 0.05) is 6.42 Å². The van der Waals surface area contributed by atoms with Crippen LogP contribution in [0.5, 0.6) is 0 Å². The normalized spacial score (nSPS) is 10.9. The summed E-state index contributed by atoms with van der Waals surface area (Å²) in [6.45, 7) is 2.06. The Labute approximate surface area is 122 Å². The van der Waals surface area contributed by atoms with E-state index in [1.54, 1.807) is 18.2 Å². The third-order valence-electron chi connectivity index (χ3n) is 3.46. The van der Waals surface area contributed by atoms with Gasteiger partial charge in [0.2, 0.25) is 0 Å². The highest BCUT2D eigenvalue weighted by atomic mass is 16.4. The maximum absolute atomic E-state index is 10.7. The molecule has 0 aliphatic rings. The van der Waals surface area contributed by atoms with E-state index < -0.39 is 5.97 Å². The molecule has 0 saturated carbocycles. The maximum Gasteiger partial charge on any atom is 0.307 e. The molecule has 0 unspecified atom stereocenters. The van der Waals surface area contributed by atoms with E-state index in [-0.39, 0.29) is 6.42 Å². The second kappa shape index (κ2) is 5.40. The van der Waals surface area contributed by atoms with Crippen molar-refractivity contribution < 1.29 is 14.3 Å². The molecule has 2 aromatic carbocycles. The van der Waals surface area contributed by atoms with Crippen LogP contribution >= 0.6 is 0 Å². The Balaban J connectivity index is 1.90. The smallest absolute Gasteiger partial charge is 0.307 e. The lowest BCUT2D eigenvalue weighted by atomic mass is 10.1. The molecular formula is C17H15NO3. The fourth-order valence-corrected chi connectivity index (χ4v) is 2.35. The van der Waals surface area contributed by atoms with Crippen LogP contribution in [0.4, 0.5) is 0 Å². The largest absolute Gasteiger partial charge is 0.481 e. The molecule has 1 N–H and O–H groups in total. The molecule has 3 aromatic rings. The minimum absolute atomic E-state index is 0.0102. The quantitative estimate of drug-likeness (QED) is 0.796. The third-order valence-corrected chi connectivity index (χ3v) is 3.46. The second-order valence-electron chi connectivity index (χ2n) is 5.08. The molecule has 0 fully saturated rings. The first kappa shape index (κ1) is 13.4. The van der Waals surface area contributed by atoms with Gasteiger partial charge in [0.25, 0.3) is 0 Å². The number of nitrogens with zero attached hydrogens (tertiary/aromatic N) is 1. The number of carboxylic acids is 1. The van der Waals surface area contributed by atoms with E-state index in [1.165, 1.54) is 11.1 Å². The molecule has 0 saturated heterocycles. The molecular weight excluding hydrogens is 266 g/mol. The van der Waals surface area contributed by atoms with Crippen molar-refractivity contribution in [2.45, 2.75) is 19.8 Å². The van der Waals surface area contributed by atoms with Crippen molar-refractivity contribution in [1.82, 2.24) is 4.98 Å². The Bertz CT molecular complexity index is 805. The van der Waals surface area contributed by atoms with E-state index in [2.05, 4.69) is 24.0 Å². The van der Waals surface area contributed by atoms with E-state index in [0.29, 0.717) is 23.5 Å². The van der Waals surface area contributed by atoms with Crippen LogP contribution in [-0.2, 0) is 17.6 Å². The van der Waals surface area contributed by atoms with Gasteiger partial charge in [0.05, 0.1) is 6.42 Å². The van der Waals surface area contributed by atoms with E-state index in [1.807, 2.05) is 12.1 Å². The summed E-state index contributed by atoms with van der Waals surface area (Å²) < 4.78 is 5.75. The number of hydrogen-bond donors (Lipinski definition) is 1. The number of rotatable bonds is 4. The number of carbonyl (C=O) groups is 1. The highest BCUT2D eigenvalue weighted by Gasteiger charge is 2.09. The van der Waals surface area contributed by atoms with Gasteiger partial charge in [-0.25, -0.2) is 4.98 Å². The van der Waals surface area contributed by atoms with Crippen LogP contribution in [0, 0.1) is 6.92 Å². The van der Waals surface area contributed by atoms with E-state index in [9.17, 15) is 4.79 Å². The van der Waals surface area contributed by atoms with E-state index in [4.69, 9.17) is 9.52 Å². The number of aryl methyl sites for hydroxylation is 1. The summed E-state index contributed by atoms with van der Waals surface area (Å²) in [4.78, 5) is 15.2. The molecule has 0 amide bonds. The van der Waals surface area contributed by atoms with Crippen LogP contribution in [0.1, 0.15) is 22.6 Å². The van der Waals surface area contributed by atoms with Gasteiger partial charge in [0.15, 0.2) is 11.5 Å². The Morgan fingerprint density at radius 1 is 1.24 bits per heavy atom. The molecule has 1 aromatic heterocycles. The number of carboxylic acid groups (broad SMARTS) is 1. The van der Waals surface area contributed by atoms with Gasteiger partial charge in [-0.3, -0.25) is 4.79 Å². The van der Waals surface area contributed by atoms with Gasteiger partial charge in [-0.05, 0) is 35.7 Å². The van der Waals surface area contributed by atoms with Crippen molar-refractivity contribution in [2.24, 2.45) is 0 Å². The fraction of sp³-hybridized carbons (Fsp3) is 0.176. The predicted molar refractivity (Wildman–Crippen MR) is 79.3 cm³/mol. The van der Waals surface area contributed by atoms with Gasteiger partial charge < -0.3 is 9.52 Å². The number of fused-ring (bicyclic) bond motifs is 1. The standard InChI is InChI=1S/C17H15NO3/c1-11-4-2-3-5-13(11)10-16-18-14-7-6-12(9-17(19)20)8-15(14)21-16/h2-8H,9-10H2,1H3,(H,19,20). The van der Waals surface area contributed by atoms with Gasteiger partial charge >= 0.3 is 5.97 Å². The molecule has 0 spiro atoms. The summed E-state index contributed by atoms with van der Waals surface area (Å²) >= 11 is 0. The van der Waals surface area contributed by atoms with Crippen molar-refractivity contribution in [1.29, 1.82) is 0 Å². The SMILES string of the molecule is Cc1ccccc1Cc1nc2ccc(CC(=O)O)cc2o1. The molecule has 1 heterocycles. The van der Waals surface area contributed by atoms with Crippen molar-refractivity contribution in [3.8, 4) is 0 Å². The lowest BCUT2D eigenvalue weighted by Gasteiger charge is -2.01. The molecule has 106 valence electrons. The van der Waals surface area contributed by atoms with Crippen molar-refractivity contribution >= 4 is 17.1 Å². The average Bonchev–Trinajstić information content (AvgIpc) is 2.82. The molecule has 0 aliphatic heterocycles. The summed E-state index contributed by atoms with van der Waals surface area (Å²) in [6, 6.07) is 13.4. The molecule has 0 aliphatic carbocycles. The highest BCUT2D eigenvalue weighted by molar-refractivity contribution is 5.76. The molecule has 0 atom stereocenters. The first-order valence-corrected chi connectivity index (χ1v) is 6.76. The topological polar surface area (TPSA) is 63.3 Å². The van der Waals surface area contributed by atoms with E-state index in [0.717, 1.165) is 5.52 Å². The summed E-state index contributed by atoms with van der Waals surface area (Å²) in [6.07, 6.45) is 0.624. The Morgan fingerprint density at radius 2 is 2.05 bits per heavy atom. The molecule has 3 rings (SSSR count). The zero-order valence-electron chi connectivity index (χ0n) is 11.7. The number of oxazole rings is 1. The predicted octanol–water partition coefficient (Wildman–Crippen LogP) is 3.35. The zero-order chi connectivity index (χ0) is 14.8. The first-order valence-electron chi connectivity index (χ1n) is 6.76. The molecule has 4 heteroatoms. The maximum atomic E-state index is 10.7. The molecule has 0 radical (unpaired) electrons. The number of aliphatic carboxylic acids is 1. The van der Waals surface area contributed by atoms with E-state index >= 15 is 0 Å². The lowest BCUT2D eigenvalue weighted by Crippen LogP contribution is -1.99. The Morgan fingerprint density at radius 3 is 2.81 bits per heavy atom. The van der Waals surface area contributed by atoms with Gasteiger partial charge in [-0.2, -0.15) is 0 Å². The second-order valence-corrected chi connectivity index (χ2v) is 5.08. The van der Waals surface area contributed by atoms with Gasteiger partial charge in [-0.1, -0.05) is 30.3 Å². The molecule has 0 bridgehead atoms. The number of hydrogen-bond acceptors (Lipinski definition) is 3. The summed E-state index contributed by atoms with van der Waals surface area (Å²) in [5.74, 6) is -0.208. The van der Waals surface area contributed by atoms with Crippen molar-refractivity contribution in [3.05, 3.63) is 65.0 Å². The monoisotopic (exact) mass is 281 g/mol. The highest BCUT2D eigenvalue weighted by Crippen LogP contribution is 2.20. The zero-order valence-corrected chi connectivity index (χ0v) is 11.7. The summed E-state index contributed by atoms with van der Waals surface area (Å²) in [5, 5.41) is 8.82. The van der Waals surface area contributed by atoms with Crippen LogP contribution in [0.3, 0.4) is 0 Å². The lowest BCUT2D eigenvalue weighted by molar-refractivity contribution is -0.136. The van der Waals surface area contributed by atoms with Crippen molar-refractivity contribution in [3.63, 3.8) is 0 Å². The minimum atomic E-state index is -0.853. The van der Waals surface area contributed by atoms with Crippen LogP contribution < -0.4 is 0 Å².